The lowest BCUT2D eigenvalue weighted by Crippen LogP contribution is -2.04. The fourth-order valence-corrected chi connectivity index (χ4v) is 3.49. The molecule has 0 bridgehead atoms. The summed E-state index contributed by atoms with van der Waals surface area (Å²) in [6.07, 6.45) is 8.61. The lowest BCUT2D eigenvalue weighted by Gasteiger charge is -2.09. The number of aromatic nitrogens is 6. The predicted molar refractivity (Wildman–Crippen MR) is 108 cm³/mol. The number of aryl methyl sites for hydroxylation is 1. The van der Waals surface area contributed by atoms with Gasteiger partial charge in [0.25, 0.3) is 0 Å². The van der Waals surface area contributed by atoms with E-state index in [-0.39, 0.29) is 5.95 Å². The van der Waals surface area contributed by atoms with Crippen molar-refractivity contribution in [3.05, 3.63) is 89.3 Å². The zero-order chi connectivity index (χ0) is 19.6. The Balaban J connectivity index is 1.43. The molecule has 1 aromatic carbocycles. The molecule has 3 aromatic heterocycles. The predicted octanol–water partition coefficient (Wildman–Crippen LogP) is 2.51. The third-order valence-electron chi connectivity index (χ3n) is 4.89. The molecule has 0 saturated carbocycles. The molecule has 7 heteroatoms. The van der Waals surface area contributed by atoms with E-state index < -0.39 is 0 Å². The van der Waals surface area contributed by atoms with E-state index in [0.717, 1.165) is 35.5 Å². The van der Waals surface area contributed by atoms with Gasteiger partial charge >= 0.3 is 0 Å². The van der Waals surface area contributed by atoms with E-state index in [1.54, 1.807) is 29.6 Å². The standard InChI is InChI=1S/C22H17N7/c23-22-25-12-16(13-26-22)7-6-15-10-18(14-24-11-15)29-27-20-9-8-19(21(20)28-29)17-4-2-1-3-5-17/h1-5,10-14,19H,8-9H2,(H2,23,25,26). The van der Waals surface area contributed by atoms with Crippen molar-refractivity contribution in [3.8, 4) is 17.5 Å². The zero-order valence-corrected chi connectivity index (χ0v) is 15.5. The van der Waals surface area contributed by atoms with Crippen LogP contribution in [0.15, 0.2) is 61.2 Å². The van der Waals surface area contributed by atoms with Crippen molar-refractivity contribution >= 4 is 5.95 Å². The summed E-state index contributed by atoms with van der Waals surface area (Å²) in [5, 5.41) is 9.46. The van der Waals surface area contributed by atoms with Gasteiger partial charge in [-0.15, -0.1) is 4.80 Å². The van der Waals surface area contributed by atoms with Gasteiger partial charge in [0, 0.05) is 30.1 Å². The number of hydrogen-bond donors (Lipinski definition) is 1. The SMILES string of the molecule is Nc1ncc(C#Cc2cncc(-n3nc4c(n3)C(c3ccccc3)CC4)c2)cn1. The molecule has 29 heavy (non-hydrogen) atoms. The van der Waals surface area contributed by atoms with Crippen LogP contribution in [-0.4, -0.2) is 29.9 Å². The van der Waals surface area contributed by atoms with Crippen LogP contribution in [0.3, 0.4) is 0 Å². The van der Waals surface area contributed by atoms with E-state index in [4.69, 9.17) is 10.8 Å². The molecule has 2 N–H and O–H groups in total. The molecule has 0 fully saturated rings. The lowest BCUT2D eigenvalue weighted by molar-refractivity contribution is 0.669. The molecule has 1 aliphatic rings. The Morgan fingerprint density at radius 3 is 2.55 bits per heavy atom. The Labute approximate surface area is 167 Å². The molecular weight excluding hydrogens is 362 g/mol. The molecule has 4 aromatic rings. The van der Waals surface area contributed by atoms with Gasteiger partial charge in [-0.1, -0.05) is 42.2 Å². The largest absolute Gasteiger partial charge is 0.368 e. The summed E-state index contributed by atoms with van der Waals surface area (Å²) in [5.74, 6) is 6.61. The molecule has 3 heterocycles. The van der Waals surface area contributed by atoms with Crippen molar-refractivity contribution < 1.29 is 0 Å². The van der Waals surface area contributed by atoms with E-state index in [2.05, 4.69) is 56.2 Å². The third kappa shape index (κ3) is 3.44. The molecule has 7 nitrogen and oxygen atoms in total. The van der Waals surface area contributed by atoms with Gasteiger partial charge < -0.3 is 5.73 Å². The van der Waals surface area contributed by atoms with Gasteiger partial charge in [-0.05, 0) is 24.5 Å². The topological polar surface area (TPSA) is 95.4 Å². The highest BCUT2D eigenvalue weighted by Gasteiger charge is 2.29. The van der Waals surface area contributed by atoms with E-state index >= 15 is 0 Å². The maximum absolute atomic E-state index is 5.50. The van der Waals surface area contributed by atoms with Crippen molar-refractivity contribution in [1.82, 2.24) is 29.9 Å². The first-order valence-corrected chi connectivity index (χ1v) is 9.32. The summed E-state index contributed by atoms with van der Waals surface area (Å²) >= 11 is 0. The van der Waals surface area contributed by atoms with E-state index in [1.807, 2.05) is 12.1 Å². The summed E-state index contributed by atoms with van der Waals surface area (Å²) < 4.78 is 0. The Morgan fingerprint density at radius 1 is 0.931 bits per heavy atom. The van der Waals surface area contributed by atoms with Crippen molar-refractivity contribution in [3.63, 3.8) is 0 Å². The number of nitrogen functional groups attached to an aromatic ring is 1. The van der Waals surface area contributed by atoms with Crippen LogP contribution in [0.4, 0.5) is 5.95 Å². The zero-order valence-electron chi connectivity index (χ0n) is 15.5. The van der Waals surface area contributed by atoms with Crippen LogP contribution in [0, 0.1) is 11.8 Å². The highest BCUT2D eigenvalue weighted by molar-refractivity contribution is 5.45. The molecule has 0 amide bonds. The van der Waals surface area contributed by atoms with Crippen molar-refractivity contribution in [2.24, 2.45) is 0 Å². The Hall–Kier alpha value is -4.05. The molecule has 1 unspecified atom stereocenters. The molecular formula is C22H17N7. The second-order valence-corrected chi connectivity index (χ2v) is 6.84. The number of benzene rings is 1. The minimum atomic E-state index is 0.228. The minimum Gasteiger partial charge on any atom is -0.368 e. The second-order valence-electron chi connectivity index (χ2n) is 6.84. The molecule has 1 atom stereocenters. The van der Waals surface area contributed by atoms with E-state index in [1.165, 1.54) is 5.56 Å². The molecule has 140 valence electrons. The van der Waals surface area contributed by atoms with Gasteiger partial charge in [-0.2, -0.15) is 10.2 Å². The average Bonchev–Trinajstić information content (AvgIpc) is 3.35. The quantitative estimate of drug-likeness (QED) is 0.538. The van der Waals surface area contributed by atoms with Crippen LogP contribution in [0.1, 0.15) is 40.4 Å². The van der Waals surface area contributed by atoms with Crippen molar-refractivity contribution in [2.45, 2.75) is 18.8 Å². The van der Waals surface area contributed by atoms with Crippen molar-refractivity contribution in [2.75, 3.05) is 5.73 Å². The van der Waals surface area contributed by atoms with Gasteiger partial charge in [-0.25, -0.2) is 9.97 Å². The lowest BCUT2D eigenvalue weighted by atomic mass is 9.97. The van der Waals surface area contributed by atoms with E-state index in [9.17, 15) is 0 Å². The van der Waals surface area contributed by atoms with Gasteiger partial charge in [0.1, 0.15) is 5.69 Å². The van der Waals surface area contributed by atoms with Crippen molar-refractivity contribution in [1.29, 1.82) is 0 Å². The molecule has 1 aliphatic carbocycles. The number of nitrogens with two attached hydrogens (primary N) is 1. The maximum atomic E-state index is 5.50. The summed E-state index contributed by atoms with van der Waals surface area (Å²) in [6, 6.07) is 12.4. The second kappa shape index (κ2) is 7.17. The monoisotopic (exact) mass is 379 g/mol. The summed E-state index contributed by atoms with van der Waals surface area (Å²) in [7, 11) is 0. The molecule has 0 spiro atoms. The van der Waals surface area contributed by atoms with Crippen LogP contribution in [0.25, 0.3) is 5.69 Å². The van der Waals surface area contributed by atoms with Gasteiger partial charge in [0.2, 0.25) is 5.95 Å². The average molecular weight is 379 g/mol. The summed E-state index contributed by atoms with van der Waals surface area (Å²) in [5.41, 5.74) is 11.1. The maximum Gasteiger partial charge on any atom is 0.219 e. The smallest absolute Gasteiger partial charge is 0.219 e. The van der Waals surface area contributed by atoms with Crippen LogP contribution in [-0.2, 0) is 6.42 Å². The Morgan fingerprint density at radius 2 is 1.72 bits per heavy atom. The number of rotatable bonds is 2. The molecule has 0 radical (unpaired) electrons. The summed E-state index contributed by atoms with van der Waals surface area (Å²) in [6.45, 7) is 0. The van der Waals surface area contributed by atoms with Crippen LogP contribution >= 0.6 is 0 Å². The number of pyridine rings is 1. The molecule has 5 rings (SSSR count). The highest BCUT2D eigenvalue weighted by atomic mass is 15.5. The van der Waals surface area contributed by atoms with Crippen LogP contribution in [0.5, 0.6) is 0 Å². The first-order valence-electron chi connectivity index (χ1n) is 9.32. The third-order valence-corrected chi connectivity index (χ3v) is 4.89. The Bertz CT molecular complexity index is 1220. The first-order chi connectivity index (χ1) is 14.3. The van der Waals surface area contributed by atoms with Gasteiger partial charge in [0.05, 0.1) is 23.1 Å². The number of nitrogens with zero attached hydrogens (tertiary/aromatic N) is 6. The number of fused-ring (bicyclic) bond motifs is 1. The Kier molecular flexibility index (Phi) is 4.22. The van der Waals surface area contributed by atoms with Crippen LogP contribution in [0.2, 0.25) is 0 Å². The fourth-order valence-electron chi connectivity index (χ4n) is 3.49. The number of anilines is 1. The van der Waals surface area contributed by atoms with Gasteiger partial charge in [-0.3, -0.25) is 4.98 Å². The first kappa shape index (κ1) is 17.1. The van der Waals surface area contributed by atoms with Gasteiger partial charge in [0.15, 0.2) is 0 Å². The highest BCUT2D eigenvalue weighted by Crippen LogP contribution is 2.36. The molecule has 0 saturated heterocycles. The molecule has 0 aliphatic heterocycles. The van der Waals surface area contributed by atoms with Crippen LogP contribution < -0.4 is 5.73 Å². The van der Waals surface area contributed by atoms with E-state index in [0.29, 0.717) is 11.5 Å². The number of hydrogen-bond acceptors (Lipinski definition) is 6. The fraction of sp³-hybridized carbons (Fsp3) is 0.136. The summed E-state index contributed by atoms with van der Waals surface area (Å²) in [4.78, 5) is 13.8. The normalized spacial score (nSPS) is 14.8. The minimum absolute atomic E-state index is 0.228.